The highest BCUT2D eigenvalue weighted by Gasteiger charge is 2.15. The molecule has 0 saturated carbocycles. The van der Waals surface area contributed by atoms with E-state index in [9.17, 15) is 9.50 Å². The summed E-state index contributed by atoms with van der Waals surface area (Å²) < 4.78 is 18.6. The van der Waals surface area contributed by atoms with E-state index < -0.39 is 11.9 Å². The van der Waals surface area contributed by atoms with Crippen LogP contribution in [-0.4, -0.2) is 25.3 Å². The number of aliphatic hydroxyl groups excluding tert-OH is 1. The standard InChI is InChI=1S/C12H18FNO2/c1-3-7-14-8-10(15)9-5-4-6-11(16-2)12(9)13/h4-6,10,14-15H,3,7-8H2,1-2H3. The summed E-state index contributed by atoms with van der Waals surface area (Å²) in [5.41, 5.74) is 0.267. The maximum Gasteiger partial charge on any atom is 0.170 e. The van der Waals surface area contributed by atoms with E-state index in [1.807, 2.05) is 6.92 Å². The summed E-state index contributed by atoms with van der Waals surface area (Å²) in [6.07, 6.45) is 0.134. The van der Waals surface area contributed by atoms with Crippen molar-refractivity contribution in [2.24, 2.45) is 0 Å². The minimum absolute atomic E-state index is 0.159. The minimum Gasteiger partial charge on any atom is -0.494 e. The Morgan fingerprint density at radius 3 is 2.88 bits per heavy atom. The first kappa shape index (κ1) is 12.9. The fraction of sp³-hybridized carbons (Fsp3) is 0.500. The molecule has 1 rings (SSSR count). The van der Waals surface area contributed by atoms with Crippen molar-refractivity contribution in [2.45, 2.75) is 19.4 Å². The van der Waals surface area contributed by atoms with E-state index in [2.05, 4.69) is 5.32 Å². The molecular formula is C12H18FNO2. The van der Waals surface area contributed by atoms with E-state index in [1.165, 1.54) is 13.2 Å². The van der Waals surface area contributed by atoms with Crippen molar-refractivity contribution in [3.05, 3.63) is 29.6 Å². The van der Waals surface area contributed by atoms with Crippen molar-refractivity contribution in [3.63, 3.8) is 0 Å². The molecule has 0 aromatic heterocycles. The van der Waals surface area contributed by atoms with Gasteiger partial charge in [0.05, 0.1) is 13.2 Å². The molecule has 90 valence electrons. The van der Waals surface area contributed by atoms with Crippen molar-refractivity contribution in [1.29, 1.82) is 0 Å². The monoisotopic (exact) mass is 227 g/mol. The second kappa shape index (κ2) is 6.45. The molecule has 0 fully saturated rings. The van der Waals surface area contributed by atoms with Crippen LogP contribution in [0.5, 0.6) is 5.75 Å². The van der Waals surface area contributed by atoms with Crippen LogP contribution in [0, 0.1) is 5.82 Å². The summed E-state index contributed by atoms with van der Waals surface area (Å²) in [4.78, 5) is 0. The smallest absolute Gasteiger partial charge is 0.170 e. The Hall–Kier alpha value is -1.13. The van der Waals surface area contributed by atoms with Crippen molar-refractivity contribution in [2.75, 3.05) is 20.2 Å². The highest BCUT2D eigenvalue weighted by molar-refractivity contribution is 5.32. The molecule has 1 unspecified atom stereocenters. The van der Waals surface area contributed by atoms with Gasteiger partial charge in [-0.1, -0.05) is 19.1 Å². The normalized spacial score (nSPS) is 12.5. The lowest BCUT2D eigenvalue weighted by Crippen LogP contribution is -2.22. The maximum atomic E-state index is 13.7. The molecule has 0 aliphatic heterocycles. The average molecular weight is 227 g/mol. The highest BCUT2D eigenvalue weighted by atomic mass is 19.1. The minimum atomic E-state index is -0.846. The molecule has 0 radical (unpaired) electrons. The molecule has 1 atom stereocenters. The Morgan fingerprint density at radius 2 is 2.25 bits per heavy atom. The van der Waals surface area contributed by atoms with Gasteiger partial charge in [-0.25, -0.2) is 4.39 Å². The number of nitrogens with one attached hydrogen (secondary N) is 1. The van der Waals surface area contributed by atoms with E-state index in [0.717, 1.165) is 13.0 Å². The third-order valence-electron chi connectivity index (χ3n) is 2.34. The van der Waals surface area contributed by atoms with E-state index in [4.69, 9.17) is 4.74 Å². The van der Waals surface area contributed by atoms with Crippen molar-refractivity contribution in [1.82, 2.24) is 5.32 Å². The van der Waals surface area contributed by atoms with Gasteiger partial charge in [-0.3, -0.25) is 0 Å². The summed E-state index contributed by atoms with van der Waals surface area (Å²) >= 11 is 0. The quantitative estimate of drug-likeness (QED) is 0.729. The number of methoxy groups -OCH3 is 1. The molecule has 0 bridgehead atoms. The molecule has 2 N–H and O–H groups in total. The van der Waals surface area contributed by atoms with Crippen LogP contribution in [-0.2, 0) is 0 Å². The van der Waals surface area contributed by atoms with Gasteiger partial charge in [0, 0.05) is 12.1 Å². The van der Waals surface area contributed by atoms with Gasteiger partial charge in [0.1, 0.15) is 0 Å². The zero-order valence-electron chi connectivity index (χ0n) is 9.66. The van der Waals surface area contributed by atoms with E-state index in [-0.39, 0.29) is 11.3 Å². The molecule has 0 heterocycles. The number of halogens is 1. The van der Waals surface area contributed by atoms with Gasteiger partial charge in [-0.2, -0.15) is 0 Å². The van der Waals surface area contributed by atoms with Gasteiger partial charge in [0.25, 0.3) is 0 Å². The molecule has 1 aromatic carbocycles. The van der Waals surface area contributed by atoms with Crippen LogP contribution in [0.15, 0.2) is 18.2 Å². The second-order valence-electron chi connectivity index (χ2n) is 3.58. The van der Waals surface area contributed by atoms with Crippen LogP contribution in [0.1, 0.15) is 25.0 Å². The third-order valence-corrected chi connectivity index (χ3v) is 2.34. The summed E-state index contributed by atoms with van der Waals surface area (Å²) in [5, 5.41) is 12.8. The van der Waals surface area contributed by atoms with Crippen LogP contribution in [0.3, 0.4) is 0 Å². The van der Waals surface area contributed by atoms with E-state index in [1.54, 1.807) is 12.1 Å². The average Bonchev–Trinajstić information content (AvgIpc) is 2.29. The Kier molecular flexibility index (Phi) is 5.22. The van der Waals surface area contributed by atoms with Gasteiger partial charge in [-0.05, 0) is 19.0 Å². The largest absolute Gasteiger partial charge is 0.494 e. The predicted molar refractivity (Wildman–Crippen MR) is 61.1 cm³/mol. The van der Waals surface area contributed by atoms with E-state index in [0.29, 0.717) is 6.54 Å². The lowest BCUT2D eigenvalue weighted by molar-refractivity contribution is 0.169. The molecule has 0 aliphatic rings. The van der Waals surface area contributed by atoms with Gasteiger partial charge >= 0.3 is 0 Å². The van der Waals surface area contributed by atoms with Crippen LogP contribution in [0.4, 0.5) is 4.39 Å². The molecule has 4 heteroatoms. The molecule has 0 saturated heterocycles. The number of hydrogen-bond donors (Lipinski definition) is 2. The molecule has 0 amide bonds. The van der Waals surface area contributed by atoms with Crippen LogP contribution < -0.4 is 10.1 Å². The summed E-state index contributed by atoms with van der Waals surface area (Å²) in [6.45, 7) is 3.19. The third kappa shape index (κ3) is 3.18. The van der Waals surface area contributed by atoms with Gasteiger partial charge in [0.15, 0.2) is 11.6 Å². The number of ether oxygens (including phenoxy) is 1. The summed E-state index contributed by atoms with van der Waals surface area (Å²) in [7, 11) is 1.41. The summed E-state index contributed by atoms with van der Waals surface area (Å²) in [5.74, 6) is -0.331. The van der Waals surface area contributed by atoms with Crippen LogP contribution in [0.2, 0.25) is 0 Å². The van der Waals surface area contributed by atoms with E-state index >= 15 is 0 Å². The Bertz CT molecular complexity index is 331. The lowest BCUT2D eigenvalue weighted by atomic mass is 10.1. The summed E-state index contributed by atoms with van der Waals surface area (Å²) in [6, 6.07) is 4.77. The van der Waals surface area contributed by atoms with Gasteiger partial charge in [0.2, 0.25) is 0 Å². The van der Waals surface area contributed by atoms with Crippen LogP contribution >= 0.6 is 0 Å². The molecule has 0 spiro atoms. The van der Waals surface area contributed by atoms with Crippen molar-refractivity contribution >= 4 is 0 Å². The number of hydrogen-bond acceptors (Lipinski definition) is 3. The first-order valence-corrected chi connectivity index (χ1v) is 5.41. The Balaban J connectivity index is 2.71. The predicted octanol–water partition coefficient (Wildman–Crippen LogP) is 1.87. The Labute approximate surface area is 95.2 Å². The van der Waals surface area contributed by atoms with Gasteiger partial charge in [-0.15, -0.1) is 0 Å². The first-order chi connectivity index (χ1) is 7.70. The lowest BCUT2D eigenvalue weighted by Gasteiger charge is -2.14. The topological polar surface area (TPSA) is 41.5 Å². The molecule has 16 heavy (non-hydrogen) atoms. The molecule has 1 aromatic rings. The van der Waals surface area contributed by atoms with Crippen molar-refractivity contribution < 1.29 is 14.2 Å². The fourth-order valence-electron chi connectivity index (χ4n) is 1.47. The first-order valence-electron chi connectivity index (χ1n) is 5.41. The SMILES string of the molecule is CCCNCC(O)c1cccc(OC)c1F. The Morgan fingerprint density at radius 1 is 1.50 bits per heavy atom. The van der Waals surface area contributed by atoms with Crippen LogP contribution in [0.25, 0.3) is 0 Å². The number of benzene rings is 1. The number of rotatable bonds is 6. The second-order valence-corrected chi connectivity index (χ2v) is 3.58. The highest BCUT2D eigenvalue weighted by Crippen LogP contribution is 2.24. The molecule has 0 aliphatic carbocycles. The molecule has 3 nitrogen and oxygen atoms in total. The van der Waals surface area contributed by atoms with Crippen molar-refractivity contribution in [3.8, 4) is 5.75 Å². The maximum absolute atomic E-state index is 13.7. The number of aliphatic hydroxyl groups is 1. The van der Waals surface area contributed by atoms with Gasteiger partial charge < -0.3 is 15.2 Å². The zero-order chi connectivity index (χ0) is 12.0. The zero-order valence-corrected chi connectivity index (χ0v) is 9.66. The molecular weight excluding hydrogens is 209 g/mol. The fourth-order valence-corrected chi connectivity index (χ4v) is 1.47.